The molecule has 1 N–H and O–H groups in total. The van der Waals surface area contributed by atoms with E-state index in [9.17, 15) is 21.2 Å². The summed E-state index contributed by atoms with van der Waals surface area (Å²) in [6.45, 7) is 2.63. The molecule has 1 aromatic heterocycles. The molecule has 10 heteroatoms. The summed E-state index contributed by atoms with van der Waals surface area (Å²) in [7, 11) is -6.80. The Hall–Kier alpha value is -2.53. The van der Waals surface area contributed by atoms with Gasteiger partial charge in [0.15, 0.2) is 9.84 Å². The van der Waals surface area contributed by atoms with Gasteiger partial charge in [-0.3, -0.25) is 4.18 Å². The highest BCUT2D eigenvalue weighted by molar-refractivity contribution is 7.90. The standard InChI is InChI=1S/C24H28FNO6S2/c1-17-20(13-16-31-14-6-15-32-34(3,29)30)23(21-7-4-5-8-22(21)25)24(26-17)18-9-11-19(12-10-18)33(2,27)28/h4-5,7-12,26H,6,13-16H2,1-3H3. The van der Waals surface area contributed by atoms with E-state index in [0.29, 0.717) is 42.9 Å². The fourth-order valence-corrected chi connectivity index (χ4v) is 4.72. The van der Waals surface area contributed by atoms with Crippen molar-refractivity contribution in [2.24, 2.45) is 0 Å². The molecule has 184 valence electrons. The molecule has 0 spiro atoms. The number of benzene rings is 2. The molecule has 0 saturated heterocycles. The first-order valence-electron chi connectivity index (χ1n) is 10.7. The van der Waals surface area contributed by atoms with Crippen LogP contribution in [0.1, 0.15) is 17.7 Å². The Morgan fingerprint density at radius 3 is 2.21 bits per heavy atom. The van der Waals surface area contributed by atoms with Crippen LogP contribution in [0.25, 0.3) is 22.4 Å². The molecular formula is C24H28FNO6S2. The maximum atomic E-state index is 14.8. The minimum Gasteiger partial charge on any atom is -0.381 e. The Bertz CT molecular complexity index is 1350. The van der Waals surface area contributed by atoms with Crippen LogP contribution in [0.4, 0.5) is 4.39 Å². The smallest absolute Gasteiger partial charge is 0.264 e. The molecule has 7 nitrogen and oxygen atoms in total. The molecule has 0 fully saturated rings. The zero-order valence-electron chi connectivity index (χ0n) is 19.3. The van der Waals surface area contributed by atoms with Gasteiger partial charge in [0.05, 0.1) is 30.1 Å². The van der Waals surface area contributed by atoms with E-state index in [1.54, 1.807) is 30.3 Å². The fraction of sp³-hybridized carbons (Fsp3) is 0.333. The van der Waals surface area contributed by atoms with Crippen molar-refractivity contribution in [3.05, 3.63) is 65.6 Å². The van der Waals surface area contributed by atoms with Crippen LogP contribution in [0.5, 0.6) is 0 Å². The van der Waals surface area contributed by atoms with Gasteiger partial charge < -0.3 is 9.72 Å². The lowest BCUT2D eigenvalue weighted by atomic mass is 9.95. The molecule has 1 heterocycles. The number of aromatic nitrogens is 1. The predicted octanol–water partition coefficient (Wildman–Crippen LogP) is 4.13. The van der Waals surface area contributed by atoms with Crippen LogP contribution in [0, 0.1) is 12.7 Å². The van der Waals surface area contributed by atoms with Crippen molar-refractivity contribution in [3.63, 3.8) is 0 Å². The maximum Gasteiger partial charge on any atom is 0.264 e. The molecule has 0 radical (unpaired) electrons. The quantitative estimate of drug-likeness (QED) is 0.308. The number of nitrogens with one attached hydrogen (secondary N) is 1. The van der Waals surface area contributed by atoms with E-state index in [2.05, 4.69) is 4.98 Å². The minimum atomic E-state index is -3.47. The number of hydrogen-bond donors (Lipinski definition) is 1. The Morgan fingerprint density at radius 1 is 0.912 bits per heavy atom. The van der Waals surface area contributed by atoms with Gasteiger partial charge in [-0.15, -0.1) is 0 Å². The van der Waals surface area contributed by atoms with Gasteiger partial charge in [-0.25, -0.2) is 12.8 Å². The minimum absolute atomic E-state index is 0.0517. The summed E-state index contributed by atoms with van der Waals surface area (Å²) in [6.07, 6.45) is 3.08. The number of sulfone groups is 1. The summed E-state index contributed by atoms with van der Waals surface area (Å²) in [5.74, 6) is -0.365. The lowest BCUT2D eigenvalue weighted by Crippen LogP contribution is -2.08. The maximum absolute atomic E-state index is 14.8. The number of aromatic amines is 1. The molecule has 0 bridgehead atoms. The topological polar surface area (TPSA) is 103 Å². The van der Waals surface area contributed by atoms with Gasteiger partial charge in [0.1, 0.15) is 5.82 Å². The third-order valence-corrected chi connectivity index (χ3v) is 6.98. The summed E-state index contributed by atoms with van der Waals surface area (Å²) >= 11 is 0. The van der Waals surface area contributed by atoms with Crippen molar-refractivity contribution < 1.29 is 30.1 Å². The normalized spacial score (nSPS) is 12.2. The lowest BCUT2D eigenvalue weighted by molar-refractivity contribution is 0.123. The number of halogens is 1. The molecule has 3 rings (SSSR count). The van der Waals surface area contributed by atoms with Crippen LogP contribution in [-0.2, 0) is 35.3 Å². The summed E-state index contributed by atoms with van der Waals surface area (Å²) < 4.78 is 70.8. The van der Waals surface area contributed by atoms with Gasteiger partial charge in [-0.2, -0.15) is 8.42 Å². The van der Waals surface area contributed by atoms with Crippen molar-refractivity contribution in [2.45, 2.75) is 24.7 Å². The molecule has 0 aliphatic rings. The number of H-pyrrole nitrogens is 1. The SMILES string of the molecule is Cc1[nH]c(-c2ccc(S(C)(=O)=O)cc2)c(-c2ccccc2F)c1CCOCCCOS(C)(=O)=O. The number of aryl methyl sites for hydroxylation is 1. The third-order valence-electron chi connectivity index (χ3n) is 5.26. The second kappa shape index (κ2) is 10.8. The average molecular weight is 510 g/mol. The Morgan fingerprint density at radius 2 is 1.59 bits per heavy atom. The molecule has 34 heavy (non-hydrogen) atoms. The van der Waals surface area contributed by atoms with E-state index in [0.717, 1.165) is 29.3 Å². The zero-order chi connectivity index (χ0) is 24.9. The van der Waals surface area contributed by atoms with E-state index < -0.39 is 20.0 Å². The largest absolute Gasteiger partial charge is 0.381 e. The highest BCUT2D eigenvalue weighted by Crippen LogP contribution is 2.38. The lowest BCUT2D eigenvalue weighted by Gasteiger charge is -2.11. The van der Waals surface area contributed by atoms with Crippen LogP contribution in [0.3, 0.4) is 0 Å². The highest BCUT2D eigenvalue weighted by atomic mass is 32.2. The molecule has 0 aliphatic carbocycles. The van der Waals surface area contributed by atoms with Crippen molar-refractivity contribution in [1.29, 1.82) is 0 Å². The van der Waals surface area contributed by atoms with E-state index >= 15 is 0 Å². The van der Waals surface area contributed by atoms with E-state index in [-0.39, 0.29) is 17.3 Å². The van der Waals surface area contributed by atoms with Gasteiger partial charge in [-0.05, 0) is 49.1 Å². The summed E-state index contributed by atoms with van der Waals surface area (Å²) in [4.78, 5) is 3.54. The van der Waals surface area contributed by atoms with Crippen molar-refractivity contribution in [2.75, 3.05) is 32.3 Å². The molecule has 0 amide bonds. The number of rotatable bonds is 11. The second-order valence-corrected chi connectivity index (χ2v) is 11.7. The first-order valence-corrected chi connectivity index (χ1v) is 14.4. The first-order chi connectivity index (χ1) is 16.0. The third kappa shape index (κ3) is 6.75. The second-order valence-electron chi connectivity index (χ2n) is 8.00. The molecule has 2 aromatic carbocycles. The summed E-state index contributed by atoms with van der Waals surface area (Å²) in [6, 6.07) is 13.0. The van der Waals surface area contributed by atoms with Crippen LogP contribution >= 0.6 is 0 Å². The Balaban J connectivity index is 1.86. The van der Waals surface area contributed by atoms with Gasteiger partial charge in [-0.1, -0.05) is 30.3 Å². The van der Waals surface area contributed by atoms with Crippen molar-refractivity contribution in [3.8, 4) is 22.4 Å². The van der Waals surface area contributed by atoms with Crippen molar-refractivity contribution >= 4 is 20.0 Å². The fourth-order valence-electron chi connectivity index (χ4n) is 3.67. The molecular weight excluding hydrogens is 481 g/mol. The van der Waals surface area contributed by atoms with Gasteiger partial charge in [0, 0.05) is 29.7 Å². The average Bonchev–Trinajstić information content (AvgIpc) is 3.08. The van der Waals surface area contributed by atoms with Gasteiger partial charge in [0.2, 0.25) is 0 Å². The molecule has 0 unspecified atom stereocenters. The van der Waals surface area contributed by atoms with Crippen LogP contribution in [0.15, 0.2) is 53.4 Å². The summed E-state index contributed by atoms with van der Waals surface area (Å²) in [5.41, 5.74) is 4.31. The van der Waals surface area contributed by atoms with Gasteiger partial charge in [0.25, 0.3) is 10.1 Å². The summed E-state index contributed by atoms with van der Waals surface area (Å²) in [5, 5.41) is 0. The predicted molar refractivity (Wildman–Crippen MR) is 129 cm³/mol. The Labute approximate surface area is 200 Å². The molecule has 0 aliphatic heterocycles. The van der Waals surface area contributed by atoms with Crippen LogP contribution < -0.4 is 0 Å². The zero-order valence-corrected chi connectivity index (χ0v) is 20.9. The molecule has 3 aromatic rings. The number of ether oxygens (including phenoxy) is 1. The van der Waals surface area contributed by atoms with Crippen LogP contribution in [0.2, 0.25) is 0 Å². The number of hydrogen-bond acceptors (Lipinski definition) is 6. The van der Waals surface area contributed by atoms with E-state index in [1.807, 2.05) is 6.92 Å². The van der Waals surface area contributed by atoms with Gasteiger partial charge >= 0.3 is 0 Å². The highest BCUT2D eigenvalue weighted by Gasteiger charge is 2.21. The van der Waals surface area contributed by atoms with E-state index in [4.69, 9.17) is 8.92 Å². The molecule has 0 atom stereocenters. The van der Waals surface area contributed by atoms with E-state index in [1.165, 1.54) is 18.2 Å². The van der Waals surface area contributed by atoms with Crippen molar-refractivity contribution in [1.82, 2.24) is 4.98 Å². The monoisotopic (exact) mass is 509 g/mol. The first kappa shape index (κ1) is 26.1. The molecule has 0 saturated carbocycles. The van der Waals surface area contributed by atoms with Crippen LogP contribution in [-0.4, -0.2) is 54.2 Å². The Kier molecular flexibility index (Phi) is 8.29.